The van der Waals surface area contributed by atoms with Crippen LogP contribution < -0.4 is 0 Å². The highest BCUT2D eigenvalue weighted by molar-refractivity contribution is 5.64. The topological polar surface area (TPSA) is 35.5 Å². The number of rotatable bonds is 3. The quantitative estimate of drug-likeness (QED) is 0.567. The van der Waals surface area contributed by atoms with Crippen LogP contribution in [-0.2, 0) is 9.47 Å². The van der Waals surface area contributed by atoms with Gasteiger partial charge in [-0.1, -0.05) is 20.3 Å². The first kappa shape index (κ1) is 7.38. The molecule has 0 N–H and O–H groups in total. The summed E-state index contributed by atoms with van der Waals surface area (Å²) >= 11 is 0. The van der Waals surface area contributed by atoms with Gasteiger partial charge < -0.3 is 9.47 Å². The van der Waals surface area contributed by atoms with Gasteiger partial charge in [0.15, 0.2) is 0 Å². The van der Waals surface area contributed by atoms with Gasteiger partial charge in [-0.05, 0) is 5.92 Å². The largest absolute Gasteiger partial charge is 0.514 e. The Morgan fingerprint density at radius 1 is 1.60 bits per heavy atom. The molecule has 0 bridgehead atoms. The average Bonchev–Trinajstić information content (AvgIpc) is 1.84. The molecule has 0 aliphatic carbocycles. The fraction of sp³-hybridized carbons (Fsp3) is 0.857. The Hall–Kier alpha value is -0.730. The number of cyclic esters (lactones) is 2. The Labute approximate surface area is 60.3 Å². The van der Waals surface area contributed by atoms with Crippen molar-refractivity contribution in [3.05, 3.63) is 0 Å². The number of carbonyl (C=O) groups excluding carboxylic acids is 1. The summed E-state index contributed by atoms with van der Waals surface area (Å²) in [4.78, 5) is 10.1. The van der Waals surface area contributed by atoms with E-state index in [-0.39, 0.29) is 6.29 Å². The summed E-state index contributed by atoms with van der Waals surface area (Å²) in [5, 5.41) is 0. The van der Waals surface area contributed by atoms with Crippen molar-refractivity contribution in [1.82, 2.24) is 0 Å². The van der Waals surface area contributed by atoms with E-state index < -0.39 is 6.16 Å². The minimum Gasteiger partial charge on any atom is -0.394 e. The van der Waals surface area contributed by atoms with E-state index in [0.717, 1.165) is 12.8 Å². The standard InChI is InChI=1S/C7H12O3/c1-3-5(2)4-6-9-7(8)10-6/h5-6H,3-4H2,1-2H3. The van der Waals surface area contributed by atoms with E-state index in [1.165, 1.54) is 0 Å². The van der Waals surface area contributed by atoms with Crippen molar-refractivity contribution in [3.63, 3.8) is 0 Å². The highest BCUT2D eigenvalue weighted by Crippen LogP contribution is 2.20. The zero-order chi connectivity index (χ0) is 7.56. The molecule has 0 spiro atoms. The van der Waals surface area contributed by atoms with Gasteiger partial charge in [-0.15, -0.1) is 0 Å². The van der Waals surface area contributed by atoms with Gasteiger partial charge in [0.1, 0.15) is 0 Å². The molecule has 1 aliphatic heterocycles. The van der Waals surface area contributed by atoms with Gasteiger partial charge in [-0.3, -0.25) is 0 Å². The molecule has 3 nitrogen and oxygen atoms in total. The van der Waals surface area contributed by atoms with E-state index in [9.17, 15) is 4.79 Å². The van der Waals surface area contributed by atoms with Gasteiger partial charge in [-0.25, -0.2) is 4.79 Å². The smallest absolute Gasteiger partial charge is 0.394 e. The summed E-state index contributed by atoms with van der Waals surface area (Å²) in [6, 6.07) is 0. The lowest BCUT2D eigenvalue weighted by Crippen LogP contribution is -2.36. The van der Waals surface area contributed by atoms with Crippen LogP contribution in [0.5, 0.6) is 0 Å². The van der Waals surface area contributed by atoms with Crippen molar-refractivity contribution in [3.8, 4) is 0 Å². The van der Waals surface area contributed by atoms with Crippen LogP contribution in [0, 0.1) is 5.92 Å². The second-order valence-electron chi connectivity index (χ2n) is 2.66. The normalized spacial score (nSPS) is 20.8. The zero-order valence-electron chi connectivity index (χ0n) is 6.29. The summed E-state index contributed by atoms with van der Waals surface area (Å²) < 4.78 is 9.30. The lowest BCUT2D eigenvalue weighted by atomic mass is 10.1. The van der Waals surface area contributed by atoms with E-state index in [4.69, 9.17) is 0 Å². The minimum absolute atomic E-state index is 0.262. The van der Waals surface area contributed by atoms with E-state index in [0.29, 0.717) is 5.92 Å². The zero-order valence-corrected chi connectivity index (χ0v) is 6.29. The summed E-state index contributed by atoms with van der Waals surface area (Å²) in [7, 11) is 0. The number of ether oxygens (including phenoxy) is 2. The second-order valence-corrected chi connectivity index (χ2v) is 2.66. The molecule has 1 aliphatic rings. The summed E-state index contributed by atoms with van der Waals surface area (Å²) in [5.74, 6) is 0.568. The predicted octanol–water partition coefficient (Wildman–Crippen LogP) is 1.92. The van der Waals surface area contributed by atoms with Gasteiger partial charge in [0, 0.05) is 6.42 Å². The maximum atomic E-state index is 10.1. The second kappa shape index (κ2) is 2.90. The molecule has 0 aromatic carbocycles. The van der Waals surface area contributed by atoms with Crippen LogP contribution in [0.15, 0.2) is 0 Å². The number of hydrogen-bond acceptors (Lipinski definition) is 3. The molecule has 58 valence electrons. The highest BCUT2D eigenvalue weighted by Gasteiger charge is 2.30. The molecule has 0 amide bonds. The fourth-order valence-electron chi connectivity index (χ4n) is 0.815. The third-order valence-electron chi connectivity index (χ3n) is 1.75. The molecular weight excluding hydrogens is 132 g/mol. The molecule has 0 saturated carbocycles. The molecule has 1 saturated heterocycles. The molecule has 10 heavy (non-hydrogen) atoms. The van der Waals surface area contributed by atoms with Gasteiger partial charge in [0.25, 0.3) is 6.29 Å². The van der Waals surface area contributed by atoms with Crippen LogP contribution in [0.25, 0.3) is 0 Å². The van der Waals surface area contributed by atoms with Gasteiger partial charge in [0.2, 0.25) is 0 Å². The maximum Gasteiger partial charge on any atom is 0.514 e. The monoisotopic (exact) mass is 144 g/mol. The molecule has 1 heterocycles. The van der Waals surface area contributed by atoms with Crippen molar-refractivity contribution < 1.29 is 14.3 Å². The molecular formula is C7H12O3. The Bertz CT molecular complexity index is 125. The molecule has 1 fully saturated rings. The van der Waals surface area contributed by atoms with Crippen LogP contribution in [0.1, 0.15) is 26.7 Å². The molecule has 0 radical (unpaired) electrons. The van der Waals surface area contributed by atoms with Crippen molar-refractivity contribution in [1.29, 1.82) is 0 Å². The van der Waals surface area contributed by atoms with E-state index >= 15 is 0 Å². The van der Waals surface area contributed by atoms with Crippen LogP contribution in [-0.4, -0.2) is 12.4 Å². The molecule has 0 aromatic rings. The lowest BCUT2D eigenvalue weighted by molar-refractivity contribution is -0.189. The van der Waals surface area contributed by atoms with Crippen molar-refractivity contribution >= 4 is 6.16 Å². The fourth-order valence-corrected chi connectivity index (χ4v) is 0.815. The van der Waals surface area contributed by atoms with E-state index in [1.807, 2.05) is 0 Å². The van der Waals surface area contributed by atoms with Crippen LogP contribution in [0.3, 0.4) is 0 Å². The summed E-state index contributed by atoms with van der Waals surface area (Å²) in [5.41, 5.74) is 0. The minimum atomic E-state index is -0.534. The van der Waals surface area contributed by atoms with Crippen LogP contribution in [0.4, 0.5) is 4.79 Å². The summed E-state index contributed by atoms with van der Waals surface area (Å²) in [6.07, 6.45) is 1.12. The Morgan fingerprint density at radius 3 is 2.60 bits per heavy atom. The van der Waals surface area contributed by atoms with Gasteiger partial charge >= 0.3 is 6.16 Å². The first-order valence-electron chi connectivity index (χ1n) is 3.59. The SMILES string of the molecule is CCC(C)CC1OC(=O)O1. The van der Waals surface area contributed by atoms with E-state index in [2.05, 4.69) is 23.3 Å². The number of hydrogen-bond donors (Lipinski definition) is 0. The van der Waals surface area contributed by atoms with Crippen LogP contribution in [0.2, 0.25) is 0 Å². The molecule has 0 aromatic heterocycles. The van der Waals surface area contributed by atoms with Crippen LogP contribution >= 0.6 is 0 Å². The number of carbonyl (C=O) groups is 1. The summed E-state index contributed by atoms with van der Waals surface area (Å²) in [6.45, 7) is 4.21. The van der Waals surface area contributed by atoms with Crippen molar-refractivity contribution in [2.45, 2.75) is 33.0 Å². The molecule has 3 heteroatoms. The first-order valence-corrected chi connectivity index (χ1v) is 3.59. The van der Waals surface area contributed by atoms with Gasteiger partial charge in [-0.2, -0.15) is 0 Å². The average molecular weight is 144 g/mol. The van der Waals surface area contributed by atoms with E-state index in [1.54, 1.807) is 0 Å². The molecule has 1 unspecified atom stereocenters. The predicted molar refractivity (Wildman–Crippen MR) is 35.4 cm³/mol. The first-order chi connectivity index (χ1) is 4.72. The Balaban J connectivity index is 2.10. The molecule has 1 atom stereocenters. The molecule has 1 rings (SSSR count). The van der Waals surface area contributed by atoms with Crippen molar-refractivity contribution in [2.24, 2.45) is 5.92 Å². The Kier molecular flexibility index (Phi) is 2.14. The third kappa shape index (κ3) is 1.62. The lowest BCUT2D eigenvalue weighted by Gasteiger charge is -2.27. The highest BCUT2D eigenvalue weighted by atomic mass is 16.9. The third-order valence-corrected chi connectivity index (χ3v) is 1.75. The van der Waals surface area contributed by atoms with Gasteiger partial charge in [0.05, 0.1) is 0 Å². The maximum absolute atomic E-state index is 10.1. The van der Waals surface area contributed by atoms with Crippen molar-refractivity contribution in [2.75, 3.05) is 0 Å². The Morgan fingerprint density at radius 2 is 2.20 bits per heavy atom.